The predicted molar refractivity (Wildman–Crippen MR) is 66.7 cm³/mol. The molecule has 0 aliphatic rings. The third kappa shape index (κ3) is 1.90. The van der Waals surface area contributed by atoms with Gasteiger partial charge in [-0.05, 0) is 32.4 Å². The quantitative estimate of drug-likeness (QED) is 0.474. The molecular formula is C14H14O4. The van der Waals surface area contributed by atoms with Crippen molar-refractivity contribution in [3.05, 3.63) is 35.1 Å². The average Bonchev–Trinajstić information content (AvgIpc) is 2.67. The number of rotatable bonds is 3. The second-order valence-electron chi connectivity index (χ2n) is 4.05. The van der Waals surface area contributed by atoms with Gasteiger partial charge in [0.1, 0.15) is 5.58 Å². The first-order chi connectivity index (χ1) is 8.56. The first kappa shape index (κ1) is 12.4. The molecule has 4 heteroatoms. The van der Waals surface area contributed by atoms with Gasteiger partial charge in [0, 0.05) is 10.9 Å². The van der Waals surface area contributed by atoms with Gasteiger partial charge in [0.2, 0.25) is 0 Å². The molecule has 0 saturated carbocycles. The first-order valence-electron chi connectivity index (χ1n) is 5.76. The van der Waals surface area contributed by atoms with Crippen LogP contribution in [0.2, 0.25) is 0 Å². The molecule has 0 aliphatic carbocycles. The van der Waals surface area contributed by atoms with Gasteiger partial charge in [-0.1, -0.05) is 12.1 Å². The molecule has 0 spiro atoms. The summed E-state index contributed by atoms with van der Waals surface area (Å²) in [6, 6.07) is 5.56. The smallest absolute Gasteiger partial charge is 0.383 e. The Morgan fingerprint density at radius 3 is 2.61 bits per heavy atom. The number of furan rings is 1. The molecule has 0 aliphatic heterocycles. The van der Waals surface area contributed by atoms with E-state index in [1.165, 1.54) is 0 Å². The van der Waals surface area contributed by atoms with Crippen LogP contribution in [0.5, 0.6) is 0 Å². The lowest BCUT2D eigenvalue weighted by Gasteiger charge is -1.98. The second kappa shape index (κ2) is 4.64. The molecule has 18 heavy (non-hydrogen) atoms. The second-order valence-corrected chi connectivity index (χ2v) is 4.05. The van der Waals surface area contributed by atoms with Crippen LogP contribution in [0.25, 0.3) is 11.0 Å². The standard InChI is InChI=1S/C14H14O4/c1-4-17-14(16)12(15)13-9(3)11-8(2)6-5-7-10(11)18-13/h5-7H,4H2,1-3H3. The van der Waals surface area contributed by atoms with E-state index in [9.17, 15) is 9.59 Å². The summed E-state index contributed by atoms with van der Waals surface area (Å²) in [4.78, 5) is 23.3. The van der Waals surface area contributed by atoms with Gasteiger partial charge >= 0.3 is 11.8 Å². The van der Waals surface area contributed by atoms with Crippen LogP contribution in [-0.4, -0.2) is 18.4 Å². The number of hydrogen-bond donors (Lipinski definition) is 0. The molecule has 2 rings (SSSR count). The van der Waals surface area contributed by atoms with Crippen LogP contribution in [0.3, 0.4) is 0 Å². The first-order valence-corrected chi connectivity index (χ1v) is 5.76. The van der Waals surface area contributed by atoms with Crippen LogP contribution in [0.15, 0.2) is 22.6 Å². The summed E-state index contributed by atoms with van der Waals surface area (Å²) in [6.45, 7) is 5.53. The normalized spacial score (nSPS) is 10.6. The van der Waals surface area contributed by atoms with Crippen molar-refractivity contribution in [3.8, 4) is 0 Å². The largest absolute Gasteiger partial charge is 0.460 e. The van der Waals surface area contributed by atoms with Crippen LogP contribution in [0.1, 0.15) is 28.6 Å². The monoisotopic (exact) mass is 246 g/mol. The fourth-order valence-electron chi connectivity index (χ4n) is 2.01. The zero-order valence-electron chi connectivity index (χ0n) is 10.6. The van der Waals surface area contributed by atoms with E-state index in [1.807, 2.05) is 19.1 Å². The molecule has 1 aromatic heterocycles. The van der Waals surface area contributed by atoms with Crippen LogP contribution in [-0.2, 0) is 9.53 Å². The summed E-state index contributed by atoms with van der Waals surface area (Å²) in [6.07, 6.45) is 0. The molecular weight excluding hydrogens is 232 g/mol. The summed E-state index contributed by atoms with van der Waals surface area (Å²) in [5, 5.41) is 0.880. The van der Waals surface area contributed by atoms with Gasteiger partial charge in [0.25, 0.3) is 0 Å². The van der Waals surface area contributed by atoms with Gasteiger partial charge in [-0.15, -0.1) is 0 Å². The van der Waals surface area contributed by atoms with Gasteiger partial charge in [-0.25, -0.2) is 4.79 Å². The lowest BCUT2D eigenvalue weighted by molar-refractivity contribution is -0.137. The highest BCUT2D eigenvalue weighted by atomic mass is 16.5. The molecule has 0 fully saturated rings. The average molecular weight is 246 g/mol. The Kier molecular flexibility index (Phi) is 3.19. The lowest BCUT2D eigenvalue weighted by Crippen LogP contribution is -2.17. The highest BCUT2D eigenvalue weighted by Crippen LogP contribution is 2.28. The van der Waals surface area contributed by atoms with E-state index < -0.39 is 11.8 Å². The van der Waals surface area contributed by atoms with Crippen molar-refractivity contribution in [3.63, 3.8) is 0 Å². The van der Waals surface area contributed by atoms with E-state index in [0.717, 1.165) is 10.9 Å². The molecule has 0 bridgehead atoms. The molecule has 1 heterocycles. The number of carbonyl (C=O) groups excluding carboxylic acids is 2. The van der Waals surface area contributed by atoms with Crippen molar-refractivity contribution in [2.75, 3.05) is 6.61 Å². The van der Waals surface area contributed by atoms with E-state index >= 15 is 0 Å². The van der Waals surface area contributed by atoms with Crippen LogP contribution in [0, 0.1) is 13.8 Å². The summed E-state index contributed by atoms with van der Waals surface area (Å²) < 4.78 is 10.1. The van der Waals surface area contributed by atoms with Crippen molar-refractivity contribution in [1.82, 2.24) is 0 Å². The highest BCUT2D eigenvalue weighted by Gasteiger charge is 2.25. The number of benzene rings is 1. The van der Waals surface area contributed by atoms with E-state index in [1.54, 1.807) is 19.9 Å². The Morgan fingerprint density at radius 2 is 2.00 bits per heavy atom. The Bertz CT molecular complexity index is 622. The third-order valence-electron chi connectivity index (χ3n) is 2.83. The Hall–Kier alpha value is -2.10. The van der Waals surface area contributed by atoms with Gasteiger partial charge in [-0.3, -0.25) is 4.79 Å². The van der Waals surface area contributed by atoms with Gasteiger partial charge < -0.3 is 9.15 Å². The molecule has 0 amide bonds. The maximum atomic E-state index is 11.9. The summed E-state index contributed by atoms with van der Waals surface area (Å²) in [7, 11) is 0. The number of carbonyl (C=O) groups is 2. The number of Topliss-reactive ketones (excluding diaryl/α,β-unsaturated/α-hetero) is 1. The Labute approximate surface area is 105 Å². The number of ketones is 1. The number of fused-ring (bicyclic) bond motifs is 1. The fourth-order valence-corrected chi connectivity index (χ4v) is 2.01. The molecule has 0 unspecified atom stereocenters. The maximum absolute atomic E-state index is 11.9. The minimum absolute atomic E-state index is 0.0674. The van der Waals surface area contributed by atoms with Crippen molar-refractivity contribution in [2.24, 2.45) is 0 Å². The zero-order chi connectivity index (χ0) is 13.3. The van der Waals surface area contributed by atoms with E-state index in [-0.39, 0.29) is 12.4 Å². The van der Waals surface area contributed by atoms with Crippen molar-refractivity contribution in [1.29, 1.82) is 0 Å². The third-order valence-corrected chi connectivity index (χ3v) is 2.83. The van der Waals surface area contributed by atoms with E-state index in [4.69, 9.17) is 9.15 Å². The SMILES string of the molecule is CCOC(=O)C(=O)c1oc2cccc(C)c2c1C. The maximum Gasteiger partial charge on any atom is 0.383 e. The van der Waals surface area contributed by atoms with Gasteiger partial charge in [-0.2, -0.15) is 0 Å². The minimum Gasteiger partial charge on any atom is -0.460 e. The highest BCUT2D eigenvalue weighted by molar-refractivity contribution is 6.40. The molecule has 0 N–H and O–H groups in total. The molecule has 1 aromatic carbocycles. The number of hydrogen-bond acceptors (Lipinski definition) is 4. The number of ether oxygens (including phenoxy) is 1. The van der Waals surface area contributed by atoms with Crippen molar-refractivity contribution in [2.45, 2.75) is 20.8 Å². The van der Waals surface area contributed by atoms with Crippen LogP contribution in [0.4, 0.5) is 0 Å². The van der Waals surface area contributed by atoms with E-state index in [0.29, 0.717) is 11.1 Å². The lowest BCUT2D eigenvalue weighted by atomic mass is 10.1. The molecule has 94 valence electrons. The molecule has 0 saturated heterocycles. The van der Waals surface area contributed by atoms with Gasteiger partial charge in [0.05, 0.1) is 6.61 Å². The minimum atomic E-state index is -0.877. The van der Waals surface area contributed by atoms with Crippen LogP contribution < -0.4 is 0 Å². The molecule has 2 aromatic rings. The Morgan fingerprint density at radius 1 is 1.28 bits per heavy atom. The summed E-state index contributed by atoms with van der Waals surface area (Å²) in [5.74, 6) is -1.54. The predicted octanol–water partition coefficient (Wildman–Crippen LogP) is 2.80. The van der Waals surface area contributed by atoms with Gasteiger partial charge in [0.15, 0.2) is 5.76 Å². The number of esters is 1. The fraction of sp³-hybridized carbons (Fsp3) is 0.286. The summed E-state index contributed by atoms with van der Waals surface area (Å²) in [5.41, 5.74) is 2.30. The molecule has 4 nitrogen and oxygen atoms in total. The molecule has 0 radical (unpaired) electrons. The summed E-state index contributed by atoms with van der Waals surface area (Å²) >= 11 is 0. The van der Waals surface area contributed by atoms with Crippen molar-refractivity contribution >= 4 is 22.7 Å². The van der Waals surface area contributed by atoms with Crippen LogP contribution >= 0.6 is 0 Å². The van der Waals surface area contributed by atoms with E-state index in [2.05, 4.69) is 0 Å². The van der Waals surface area contributed by atoms with Crippen molar-refractivity contribution < 1.29 is 18.7 Å². The number of aryl methyl sites for hydroxylation is 2. The zero-order valence-corrected chi connectivity index (χ0v) is 10.6. The topological polar surface area (TPSA) is 56.5 Å². The Balaban J connectivity index is 2.53. The molecule has 0 atom stereocenters.